The molecule has 0 aromatic rings. The molecule has 0 radical (unpaired) electrons. The van der Waals surface area contributed by atoms with E-state index >= 15 is 0 Å². The molecule has 0 spiro atoms. The first-order chi connectivity index (χ1) is 5.31. The van der Waals surface area contributed by atoms with Gasteiger partial charge in [-0.3, -0.25) is 4.79 Å². The van der Waals surface area contributed by atoms with Gasteiger partial charge in [0.1, 0.15) is 0 Å². The minimum atomic E-state index is 0.151. The molecule has 1 nitrogen and oxygen atoms in total. The first-order valence-corrected chi connectivity index (χ1v) is 4.25. The Kier molecular flexibility index (Phi) is 6.76. The molecule has 0 aromatic carbocycles. The number of rotatable bonds is 5. The quantitative estimate of drug-likeness (QED) is 0.336. The second-order valence-electron chi connectivity index (χ2n) is 2.48. The Balaban J connectivity index is 3.54. The van der Waals surface area contributed by atoms with Crippen LogP contribution in [0, 0.1) is 0 Å². The fourth-order valence-corrected chi connectivity index (χ4v) is 0.643. The highest BCUT2D eigenvalue weighted by atomic mass is 16.1. The second kappa shape index (κ2) is 7.30. The number of unbranched alkanes of at least 4 members (excludes halogenated alkanes) is 2. The number of carbonyl (C=O) groups excluding carboxylic acids is 1. The van der Waals surface area contributed by atoms with Crippen LogP contribution < -0.4 is 0 Å². The third-order valence-electron chi connectivity index (χ3n) is 1.41. The lowest BCUT2D eigenvalue weighted by Crippen LogP contribution is -1.84. The molecule has 0 bridgehead atoms. The molecule has 1 heteroatoms. The van der Waals surface area contributed by atoms with Gasteiger partial charge >= 0.3 is 0 Å². The fraction of sp³-hybridized carbons (Fsp3) is 0.600. The zero-order valence-corrected chi connectivity index (χ0v) is 7.39. The molecule has 0 fully saturated rings. The van der Waals surface area contributed by atoms with Crippen LogP contribution in [0.25, 0.3) is 0 Å². The molecule has 0 N–H and O–H groups in total. The van der Waals surface area contributed by atoms with Crippen LogP contribution in [-0.2, 0) is 4.79 Å². The maximum atomic E-state index is 10.7. The summed E-state index contributed by atoms with van der Waals surface area (Å²) in [6.45, 7) is 4.00. The summed E-state index contributed by atoms with van der Waals surface area (Å²) in [5.41, 5.74) is 2.87. The van der Waals surface area contributed by atoms with Gasteiger partial charge in [-0.2, -0.15) is 0 Å². The molecule has 0 aliphatic carbocycles. The predicted octanol–water partition coefficient (Wildman–Crippen LogP) is 2.87. The molecule has 0 aromatic heterocycles. The highest BCUT2D eigenvalue weighted by Crippen LogP contribution is 1.93. The Bertz CT molecular complexity index is 162. The zero-order chi connectivity index (χ0) is 8.53. The van der Waals surface area contributed by atoms with E-state index < -0.39 is 0 Å². The van der Waals surface area contributed by atoms with Crippen molar-refractivity contribution < 1.29 is 4.79 Å². The SMILES string of the molecule is CCCCC=C=CC(=O)CC. The molecule has 0 saturated heterocycles. The highest BCUT2D eigenvalue weighted by molar-refractivity contribution is 5.89. The van der Waals surface area contributed by atoms with Gasteiger partial charge in [0.05, 0.1) is 0 Å². The normalized spacial score (nSPS) is 8.55. The molecule has 0 unspecified atom stereocenters. The summed E-state index contributed by atoms with van der Waals surface area (Å²) in [4.78, 5) is 10.7. The van der Waals surface area contributed by atoms with E-state index in [1.54, 1.807) is 0 Å². The number of hydrogen-bond acceptors (Lipinski definition) is 1. The summed E-state index contributed by atoms with van der Waals surface area (Å²) in [7, 11) is 0. The van der Waals surface area contributed by atoms with E-state index in [9.17, 15) is 4.79 Å². The van der Waals surface area contributed by atoms with Gasteiger partial charge in [0.25, 0.3) is 0 Å². The van der Waals surface area contributed by atoms with E-state index in [1.165, 1.54) is 18.9 Å². The summed E-state index contributed by atoms with van der Waals surface area (Å²) in [6, 6.07) is 0. The molecule has 0 amide bonds. The second-order valence-corrected chi connectivity index (χ2v) is 2.48. The van der Waals surface area contributed by atoms with Crippen LogP contribution in [0.1, 0.15) is 39.5 Å². The van der Waals surface area contributed by atoms with Crippen molar-refractivity contribution in [2.24, 2.45) is 0 Å². The van der Waals surface area contributed by atoms with Crippen molar-refractivity contribution in [3.63, 3.8) is 0 Å². The zero-order valence-electron chi connectivity index (χ0n) is 7.39. The van der Waals surface area contributed by atoms with Gasteiger partial charge in [-0.15, -0.1) is 5.73 Å². The molecule has 62 valence electrons. The van der Waals surface area contributed by atoms with Gasteiger partial charge in [0.15, 0.2) is 5.78 Å². The third kappa shape index (κ3) is 7.08. The van der Waals surface area contributed by atoms with Gasteiger partial charge in [0.2, 0.25) is 0 Å². The Morgan fingerprint density at radius 1 is 1.45 bits per heavy atom. The summed E-state index contributed by atoms with van der Waals surface area (Å²) in [5, 5.41) is 0. The Hall–Kier alpha value is -0.810. The van der Waals surface area contributed by atoms with Crippen molar-refractivity contribution >= 4 is 5.78 Å². The summed E-state index contributed by atoms with van der Waals surface area (Å²) >= 11 is 0. The highest BCUT2D eigenvalue weighted by Gasteiger charge is 1.85. The Morgan fingerprint density at radius 3 is 2.73 bits per heavy atom. The maximum absolute atomic E-state index is 10.7. The van der Waals surface area contributed by atoms with Crippen molar-refractivity contribution in [3.8, 4) is 0 Å². The van der Waals surface area contributed by atoms with Crippen molar-refractivity contribution in [1.82, 2.24) is 0 Å². The molecular weight excluding hydrogens is 136 g/mol. The standard InChI is InChI=1S/C10H16O/c1-3-5-6-7-8-9-10(11)4-2/h7,9H,3-6H2,1-2H3. The smallest absolute Gasteiger partial charge is 0.163 e. The lowest BCUT2D eigenvalue weighted by molar-refractivity contribution is -0.114. The van der Waals surface area contributed by atoms with E-state index in [1.807, 2.05) is 13.0 Å². The maximum Gasteiger partial charge on any atom is 0.163 e. The van der Waals surface area contributed by atoms with Crippen LogP contribution in [0.3, 0.4) is 0 Å². The van der Waals surface area contributed by atoms with Gasteiger partial charge in [0, 0.05) is 12.5 Å². The van der Waals surface area contributed by atoms with Crippen molar-refractivity contribution in [2.75, 3.05) is 0 Å². The molecule has 0 heterocycles. The number of ketones is 1. The largest absolute Gasteiger partial charge is 0.294 e. The van der Waals surface area contributed by atoms with Crippen LogP contribution in [0.4, 0.5) is 0 Å². The molecule has 0 atom stereocenters. The Morgan fingerprint density at radius 2 is 2.18 bits per heavy atom. The van der Waals surface area contributed by atoms with Crippen LogP contribution in [0.5, 0.6) is 0 Å². The minimum Gasteiger partial charge on any atom is -0.294 e. The minimum absolute atomic E-state index is 0.151. The van der Waals surface area contributed by atoms with Crippen molar-refractivity contribution in [2.45, 2.75) is 39.5 Å². The van der Waals surface area contributed by atoms with Crippen LogP contribution in [0.2, 0.25) is 0 Å². The van der Waals surface area contributed by atoms with Crippen LogP contribution >= 0.6 is 0 Å². The van der Waals surface area contributed by atoms with E-state index in [0.717, 1.165) is 6.42 Å². The topological polar surface area (TPSA) is 17.1 Å². The van der Waals surface area contributed by atoms with Crippen LogP contribution in [0.15, 0.2) is 17.9 Å². The van der Waals surface area contributed by atoms with Gasteiger partial charge in [-0.1, -0.05) is 20.3 Å². The van der Waals surface area contributed by atoms with E-state index in [2.05, 4.69) is 12.7 Å². The first-order valence-electron chi connectivity index (χ1n) is 4.25. The molecule has 0 saturated carbocycles. The van der Waals surface area contributed by atoms with Crippen molar-refractivity contribution in [1.29, 1.82) is 0 Å². The van der Waals surface area contributed by atoms with E-state index in [-0.39, 0.29) is 5.78 Å². The first kappa shape index (κ1) is 10.2. The lowest BCUT2D eigenvalue weighted by atomic mass is 10.2. The average Bonchev–Trinajstić information content (AvgIpc) is 2.04. The van der Waals surface area contributed by atoms with Gasteiger partial charge < -0.3 is 0 Å². The van der Waals surface area contributed by atoms with Gasteiger partial charge in [-0.25, -0.2) is 0 Å². The molecule has 0 rings (SSSR count). The summed E-state index contributed by atoms with van der Waals surface area (Å²) in [5.74, 6) is 0.151. The number of allylic oxidation sites excluding steroid dienone is 1. The van der Waals surface area contributed by atoms with Gasteiger partial charge in [-0.05, 0) is 18.9 Å². The Labute approximate surface area is 68.8 Å². The van der Waals surface area contributed by atoms with Crippen molar-refractivity contribution in [3.05, 3.63) is 17.9 Å². The molecule has 11 heavy (non-hydrogen) atoms. The summed E-state index contributed by atoms with van der Waals surface area (Å²) in [6.07, 6.45) is 7.44. The van der Waals surface area contributed by atoms with Crippen LogP contribution in [-0.4, -0.2) is 5.78 Å². The molecular formula is C10H16O. The lowest BCUT2D eigenvalue weighted by Gasteiger charge is -1.83. The molecule has 0 aliphatic rings. The van der Waals surface area contributed by atoms with E-state index in [4.69, 9.17) is 0 Å². The monoisotopic (exact) mass is 152 g/mol. The fourth-order valence-electron chi connectivity index (χ4n) is 0.643. The number of carbonyl (C=O) groups is 1. The average molecular weight is 152 g/mol. The predicted molar refractivity (Wildman–Crippen MR) is 47.5 cm³/mol. The van der Waals surface area contributed by atoms with E-state index in [0.29, 0.717) is 6.42 Å². The molecule has 0 aliphatic heterocycles. The summed E-state index contributed by atoms with van der Waals surface area (Å²) < 4.78 is 0. The number of hydrogen-bond donors (Lipinski definition) is 0. The third-order valence-corrected chi connectivity index (χ3v) is 1.41.